The first kappa shape index (κ1) is 7.28. The summed E-state index contributed by atoms with van der Waals surface area (Å²) in [5.74, 6) is 0.670. The highest BCUT2D eigenvalue weighted by Crippen LogP contribution is 2.08. The fraction of sp³-hybridized carbons (Fsp3) is 0.333. The number of rotatable bonds is 1. The first-order valence-electron chi connectivity index (χ1n) is 3.99. The molecule has 1 atom stereocenters. The smallest absolute Gasteiger partial charge is 0.235 e. The van der Waals surface area contributed by atoms with Crippen LogP contribution in [0.1, 0.15) is 12.6 Å². The van der Waals surface area contributed by atoms with Crippen LogP contribution in [0.2, 0.25) is 0 Å². The number of pyridine rings is 1. The first-order valence-corrected chi connectivity index (χ1v) is 3.99. The molecule has 1 unspecified atom stereocenters. The number of aromatic nitrogens is 1. The van der Waals surface area contributed by atoms with Gasteiger partial charge in [-0.3, -0.25) is 4.98 Å². The number of aliphatic imine (C=N–C) groups is 1. The summed E-state index contributed by atoms with van der Waals surface area (Å²) >= 11 is 0. The van der Waals surface area contributed by atoms with E-state index >= 15 is 0 Å². The molecule has 0 spiro atoms. The van der Waals surface area contributed by atoms with Crippen molar-refractivity contribution in [1.29, 1.82) is 0 Å². The van der Waals surface area contributed by atoms with Gasteiger partial charge in [-0.2, -0.15) is 0 Å². The standard InChI is InChI=1S/C9H10N2O/c1-7-6-11-9(12-7)8-4-2-3-5-10-8/h2-5,7H,6H2,1H3. The second-order valence-corrected chi connectivity index (χ2v) is 2.79. The molecule has 0 fully saturated rings. The highest BCUT2D eigenvalue weighted by molar-refractivity contribution is 5.93. The number of ether oxygens (including phenoxy) is 1. The zero-order chi connectivity index (χ0) is 8.39. The SMILES string of the molecule is CC1CN=C(c2ccccn2)O1. The van der Waals surface area contributed by atoms with Crippen LogP contribution in [0.15, 0.2) is 29.4 Å². The van der Waals surface area contributed by atoms with Gasteiger partial charge in [0.05, 0.1) is 6.54 Å². The van der Waals surface area contributed by atoms with Gasteiger partial charge in [0.25, 0.3) is 0 Å². The van der Waals surface area contributed by atoms with E-state index in [2.05, 4.69) is 9.98 Å². The quantitative estimate of drug-likeness (QED) is 0.622. The maximum Gasteiger partial charge on any atom is 0.235 e. The van der Waals surface area contributed by atoms with Crippen LogP contribution in [0.3, 0.4) is 0 Å². The molecule has 3 nitrogen and oxygen atoms in total. The van der Waals surface area contributed by atoms with Gasteiger partial charge in [-0.05, 0) is 19.1 Å². The van der Waals surface area contributed by atoms with Gasteiger partial charge in [0.15, 0.2) is 0 Å². The summed E-state index contributed by atoms with van der Waals surface area (Å²) in [6, 6.07) is 5.70. The second kappa shape index (κ2) is 2.93. The molecule has 1 aliphatic heterocycles. The average Bonchev–Trinajstić information content (AvgIpc) is 2.54. The summed E-state index contributed by atoms with van der Waals surface area (Å²) in [5.41, 5.74) is 0.821. The van der Waals surface area contributed by atoms with Crippen LogP contribution in [-0.2, 0) is 4.74 Å². The minimum absolute atomic E-state index is 0.196. The number of hydrogen-bond donors (Lipinski definition) is 0. The van der Waals surface area contributed by atoms with Gasteiger partial charge in [0.2, 0.25) is 5.90 Å². The topological polar surface area (TPSA) is 34.5 Å². The summed E-state index contributed by atoms with van der Waals surface area (Å²) in [4.78, 5) is 8.36. The van der Waals surface area contributed by atoms with E-state index in [-0.39, 0.29) is 6.10 Å². The Balaban J connectivity index is 2.22. The van der Waals surface area contributed by atoms with E-state index in [9.17, 15) is 0 Å². The Morgan fingerprint density at radius 2 is 2.42 bits per heavy atom. The van der Waals surface area contributed by atoms with Crippen LogP contribution < -0.4 is 0 Å². The maximum absolute atomic E-state index is 5.43. The van der Waals surface area contributed by atoms with E-state index in [1.165, 1.54) is 0 Å². The lowest BCUT2D eigenvalue weighted by molar-refractivity contribution is 0.246. The third-order valence-corrected chi connectivity index (χ3v) is 1.69. The fourth-order valence-electron chi connectivity index (χ4n) is 1.11. The van der Waals surface area contributed by atoms with E-state index in [1.807, 2.05) is 25.1 Å². The zero-order valence-electron chi connectivity index (χ0n) is 6.90. The number of hydrogen-bond acceptors (Lipinski definition) is 3. The summed E-state index contributed by atoms with van der Waals surface area (Å²) < 4.78 is 5.43. The van der Waals surface area contributed by atoms with Gasteiger partial charge in [-0.15, -0.1) is 0 Å². The Kier molecular flexibility index (Phi) is 1.78. The molecular weight excluding hydrogens is 152 g/mol. The lowest BCUT2D eigenvalue weighted by Gasteiger charge is -2.03. The summed E-state index contributed by atoms with van der Waals surface area (Å²) in [6.07, 6.45) is 1.94. The van der Waals surface area contributed by atoms with Crippen molar-refractivity contribution in [2.75, 3.05) is 6.54 Å². The van der Waals surface area contributed by atoms with E-state index < -0.39 is 0 Å². The number of nitrogens with zero attached hydrogens (tertiary/aromatic N) is 2. The minimum Gasteiger partial charge on any atom is -0.471 e. The lowest BCUT2D eigenvalue weighted by atomic mass is 10.3. The Bertz CT molecular complexity index is 295. The van der Waals surface area contributed by atoms with Gasteiger partial charge < -0.3 is 4.74 Å². The monoisotopic (exact) mass is 162 g/mol. The van der Waals surface area contributed by atoms with Crippen molar-refractivity contribution in [3.8, 4) is 0 Å². The molecule has 0 aromatic carbocycles. The van der Waals surface area contributed by atoms with Crippen LogP contribution in [0.5, 0.6) is 0 Å². The molecule has 3 heteroatoms. The average molecular weight is 162 g/mol. The van der Waals surface area contributed by atoms with Crippen LogP contribution in [0.25, 0.3) is 0 Å². The van der Waals surface area contributed by atoms with Crippen molar-refractivity contribution >= 4 is 5.90 Å². The highest BCUT2D eigenvalue weighted by Gasteiger charge is 2.16. The molecule has 1 aromatic rings. The predicted molar refractivity (Wildman–Crippen MR) is 46.2 cm³/mol. The van der Waals surface area contributed by atoms with Crippen molar-refractivity contribution in [2.24, 2.45) is 4.99 Å². The Hall–Kier alpha value is -1.38. The third-order valence-electron chi connectivity index (χ3n) is 1.69. The fourth-order valence-corrected chi connectivity index (χ4v) is 1.11. The first-order chi connectivity index (χ1) is 5.86. The Labute approximate surface area is 71.1 Å². The molecule has 0 aliphatic carbocycles. The lowest BCUT2D eigenvalue weighted by Crippen LogP contribution is -2.09. The molecule has 2 rings (SSSR count). The molecule has 1 aliphatic rings. The predicted octanol–water partition coefficient (Wildman–Crippen LogP) is 1.25. The van der Waals surface area contributed by atoms with Crippen molar-refractivity contribution in [2.45, 2.75) is 13.0 Å². The Morgan fingerprint density at radius 3 is 3.00 bits per heavy atom. The molecular formula is C9H10N2O. The largest absolute Gasteiger partial charge is 0.471 e. The third kappa shape index (κ3) is 1.30. The molecule has 0 saturated carbocycles. The van der Waals surface area contributed by atoms with Crippen molar-refractivity contribution in [3.63, 3.8) is 0 Å². The molecule has 1 aromatic heterocycles. The van der Waals surface area contributed by atoms with Crippen molar-refractivity contribution in [3.05, 3.63) is 30.1 Å². The van der Waals surface area contributed by atoms with Gasteiger partial charge in [0.1, 0.15) is 11.8 Å². The minimum atomic E-state index is 0.196. The van der Waals surface area contributed by atoms with E-state index in [1.54, 1.807) is 6.20 Å². The van der Waals surface area contributed by atoms with Crippen molar-refractivity contribution in [1.82, 2.24) is 4.98 Å². The van der Waals surface area contributed by atoms with Gasteiger partial charge in [-0.1, -0.05) is 6.07 Å². The van der Waals surface area contributed by atoms with E-state index in [0.29, 0.717) is 5.90 Å². The molecule has 0 saturated heterocycles. The Morgan fingerprint density at radius 1 is 1.50 bits per heavy atom. The molecule has 0 radical (unpaired) electrons. The summed E-state index contributed by atoms with van der Waals surface area (Å²) in [7, 11) is 0. The van der Waals surface area contributed by atoms with Gasteiger partial charge in [0, 0.05) is 6.20 Å². The normalized spacial score (nSPS) is 21.8. The summed E-state index contributed by atoms with van der Waals surface area (Å²) in [5, 5.41) is 0. The highest BCUT2D eigenvalue weighted by atomic mass is 16.5. The van der Waals surface area contributed by atoms with Gasteiger partial charge in [-0.25, -0.2) is 4.99 Å². The van der Waals surface area contributed by atoms with Crippen LogP contribution >= 0.6 is 0 Å². The molecule has 2 heterocycles. The van der Waals surface area contributed by atoms with E-state index in [4.69, 9.17) is 4.74 Å². The van der Waals surface area contributed by atoms with Crippen molar-refractivity contribution < 1.29 is 4.74 Å². The molecule has 0 amide bonds. The zero-order valence-corrected chi connectivity index (χ0v) is 6.90. The second-order valence-electron chi connectivity index (χ2n) is 2.79. The molecule has 0 bridgehead atoms. The van der Waals surface area contributed by atoms with Gasteiger partial charge >= 0.3 is 0 Å². The van der Waals surface area contributed by atoms with Crippen LogP contribution in [0, 0.1) is 0 Å². The van der Waals surface area contributed by atoms with Crippen LogP contribution in [-0.4, -0.2) is 23.5 Å². The molecule has 62 valence electrons. The van der Waals surface area contributed by atoms with E-state index in [0.717, 1.165) is 12.2 Å². The molecule has 0 N–H and O–H groups in total. The summed E-state index contributed by atoms with van der Waals surface area (Å²) in [6.45, 7) is 2.74. The van der Waals surface area contributed by atoms with Crippen LogP contribution in [0.4, 0.5) is 0 Å². The molecule has 12 heavy (non-hydrogen) atoms. The maximum atomic E-state index is 5.43.